The first kappa shape index (κ1) is 13.1. The summed E-state index contributed by atoms with van der Waals surface area (Å²) in [5, 5.41) is 12.6. The third-order valence-corrected chi connectivity index (χ3v) is 3.28. The molecule has 0 aromatic heterocycles. The van der Waals surface area contributed by atoms with Gasteiger partial charge in [0.05, 0.1) is 17.8 Å². The number of nitrogens with one attached hydrogen (secondary N) is 1. The average Bonchev–Trinajstić information content (AvgIpc) is 3.03. The van der Waals surface area contributed by atoms with Crippen LogP contribution in [0.4, 0.5) is 11.4 Å². The minimum atomic E-state index is -0.953. The third-order valence-electron chi connectivity index (χ3n) is 3.28. The Kier molecular flexibility index (Phi) is 3.51. The highest BCUT2D eigenvalue weighted by atomic mass is 16.4. The predicted octanol–water partition coefficient (Wildman–Crippen LogP) is 3.60. The summed E-state index contributed by atoms with van der Waals surface area (Å²) in [6, 6.07) is 14.9. The Morgan fingerprint density at radius 3 is 2.62 bits per heavy atom. The fourth-order valence-corrected chi connectivity index (χ4v) is 2.23. The predicted molar refractivity (Wildman–Crippen MR) is 84.5 cm³/mol. The molecule has 0 unspecified atom stereocenters. The van der Waals surface area contributed by atoms with Crippen LogP contribution in [0.25, 0.3) is 5.57 Å². The number of carboxylic acid groups (broad SMARTS) is 1. The minimum absolute atomic E-state index is 0.248. The van der Waals surface area contributed by atoms with Crippen molar-refractivity contribution in [3.63, 3.8) is 0 Å². The van der Waals surface area contributed by atoms with Gasteiger partial charge < -0.3 is 10.4 Å². The molecular weight excluding hydrogens is 264 g/mol. The first-order valence-electron chi connectivity index (χ1n) is 6.64. The summed E-state index contributed by atoms with van der Waals surface area (Å²) in [6.45, 7) is 0.655. The van der Waals surface area contributed by atoms with Crippen molar-refractivity contribution >= 4 is 29.1 Å². The molecule has 0 saturated carbocycles. The van der Waals surface area contributed by atoms with Crippen LogP contribution in [0.1, 0.15) is 15.9 Å². The van der Waals surface area contributed by atoms with Crippen molar-refractivity contribution in [2.24, 2.45) is 4.99 Å². The van der Waals surface area contributed by atoms with Gasteiger partial charge in [0.25, 0.3) is 0 Å². The van der Waals surface area contributed by atoms with Crippen molar-refractivity contribution in [1.82, 2.24) is 0 Å². The highest BCUT2D eigenvalue weighted by molar-refractivity contribution is 6.12. The second-order valence-electron chi connectivity index (χ2n) is 4.71. The topological polar surface area (TPSA) is 61.7 Å². The molecule has 0 atom stereocenters. The monoisotopic (exact) mass is 278 g/mol. The quantitative estimate of drug-likeness (QED) is 0.898. The van der Waals surface area contributed by atoms with E-state index in [1.165, 1.54) is 0 Å². The zero-order valence-electron chi connectivity index (χ0n) is 11.3. The fraction of sp³-hybridized carbons (Fsp3) is 0.0588. The molecule has 0 saturated heterocycles. The number of para-hydroxylation sites is 1. The Hall–Kier alpha value is -2.88. The second kappa shape index (κ2) is 5.63. The number of aromatic carboxylic acids is 1. The van der Waals surface area contributed by atoms with Crippen LogP contribution in [0.15, 0.2) is 59.6 Å². The molecule has 1 aliphatic heterocycles. The molecule has 1 aliphatic rings. The molecule has 0 aliphatic carbocycles. The van der Waals surface area contributed by atoms with Gasteiger partial charge in [-0.25, -0.2) is 4.79 Å². The van der Waals surface area contributed by atoms with E-state index in [-0.39, 0.29) is 5.56 Å². The van der Waals surface area contributed by atoms with Crippen LogP contribution in [-0.2, 0) is 0 Å². The van der Waals surface area contributed by atoms with E-state index in [0.29, 0.717) is 12.2 Å². The van der Waals surface area contributed by atoms with E-state index in [1.807, 2.05) is 42.5 Å². The Morgan fingerprint density at radius 1 is 1.14 bits per heavy atom. The zero-order chi connectivity index (χ0) is 14.7. The number of rotatable bonds is 4. The molecule has 0 fully saturated rings. The highest BCUT2D eigenvalue weighted by Crippen LogP contribution is 2.25. The first-order chi connectivity index (χ1) is 10.2. The lowest BCUT2D eigenvalue weighted by Gasteiger charge is -2.11. The molecule has 2 aromatic rings. The van der Waals surface area contributed by atoms with Crippen LogP contribution in [0.2, 0.25) is 0 Å². The van der Waals surface area contributed by atoms with Crippen LogP contribution < -0.4 is 5.32 Å². The van der Waals surface area contributed by atoms with Gasteiger partial charge in [0.1, 0.15) is 0 Å². The van der Waals surface area contributed by atoms with E-state index < -0.39 is 5.97 Å². The highest BCUT2D eigenvalue weighted by Gasteiger charge is 2.13. The van der Waals surface area contributed by atoms with E-state index in [9.17, 15) is 9.90 Å². The third kappa shape index (κ3) is 2.84. The molecule has 0 amide bonds. The maximum Gasteiger partial charge on any atom is 0.337 e. The summed E-state index contributed by atoms with van der Waals surface area (Å²) in [5.74, 6) is -0.953. The summed E-state index contributed by atoms with van der Waals surface area (Å²) in [5.41, 5.74) is 3.51. The normalized spacial score (nSPS) is 13.0. The maximum atomic E-state index is 11.5. The minimum Gasteiger partial charge on any atom is -0.478 e. The number of carbonyl (C=O) groups is 1. The van der Waals surface area contributed by atoms with Gasteiger partial charge in [-0.3, -0.25) is 4.99 Å². The van der Waals surface area contributed by atoms with Gasteiger partial charge in [0.2, 0.25) is 0 Å². The molecule has 3 rings (SSSR count). The van der Waals surface area contributed by atoms with Gasteiger partial charge >= 0.3 is 5.97 Å². The lowest BCUT2D eigenvalue weighted by Crippen LogP contribution is -2.03. The standard InChI is InChI=1S/C17H14N2O2/c20-17(21)15-10-12(13-8-9-18-11-13)6-7-16(15)19-14-4-2-1-3-5-14/h1-8,10-11,19H,9H2,(H,20,21). The number of hydrogen-bond donors (Lipinski definition) is 2. The van der Waals surface area contributed by atoms with E-state index in [0.717, 1.165) is 16.8 Å². The van der Waals surface area contributed by atoms with E-state index >= 15 is 0 Å². The van der Waals surface area contributed by atoms with Gasteiger partial charge in [0.15, 0.2) is 0 Å². The summed E-state index contributed by atoms with van der Waals surface area (Å²) in [7, 11) is 0. The Morgan fingerprint density at radius 2 is 1.95 bits per heavy atom. The Labute approximate surface area is 122 Å². The molecule has 2 N–H and O–H groups in total. The average molecular weight is 278 g/mol. The number of nitrogens with zero attached hydrogens (tertiary/aromatic N) is 1. The van der Waals surface area contributed by atoms with Crippen molar-refractivity contribution in [2.75, 3.05) is 11.9 Å². The van der Waals surface area contributed by atoms with Crippen molar-refractivity contribution < 1.29 is 9.90 Å². The Bertz CT molecular complexity index is 734. The smallest absolute Gasteiger partial charge is 0.337 e. The van der Waals surface area contributed by atoms with Gasteiger partial charge in [-0.15, -0.1) is 0 Å². The molecule has 0 bridgehead atoms. The first-order valence-corrected chi connectivity index (χ1v) is 6.64. The van der Waals surface area contributed by atoms with Crippen LogP contribution in [0.5, 0.6) is 0 Å². The van der Waals surface area contributed by atoms with Crippen LogP contribution in [-0.4, -0.2) is 23.8 Å². The Balaban J connectivity index is 1.97. The van der Waals surface area contributed by atoms with Crippen molar-refractivity contribution in [3.05, 3.63) is 65.7 Å². The van der Waals surface area contributed by atoms with Crippen LogP contribution >= 0.6 is 0 Å². The lowest BCUT2D eigenvalue weighted by molar-refractivity contribution is 0.0698. The zero-order valence-corrected chi connectivity index (χ0v) is 11.3. The molecule has 1 heterocycles. The fourth-order valence-electron chi connectivity index (χ4n) is 2.23. The van der Waals surface area contributed by atoms with Gasteiger partial charge in [-0.2, -0.15) is 0 Å². The SMILES string of the molecule is O=C(O)c1cc(C2=CCN=C2)ccc1Nc1ccccc1. The van der Waals surface area contributed by atoms with Gasteiger partial charge in [-0.1, -0.05) is 30.3 Å². The molecule has 0 spiro atoms. The van der Waals surface area contributed by atoms with E-state index in [2.05, 4.69) is 10.3 Å². The molecule has 104 valence electrons. The number of anilines is 2. The van der Waals surface area contributed by atoms with Crippen molar-refractivity contribution in [1.29, 1.82) is 0 Å². The molecular formula is C17H14N2O2. The number of benzene rings is 2. The van der Waals surface area contributed by atoms with Crippen LogP contribution in [0, 0.1) is 0 Å². The van der Waals surface area contributed by atoms with Crippen LogP contribution in [0.3, 0.4) is 0 Å². The van der Waals surface area contributed by atoms with Crippen molar-refractivity contribution in [2.45, 2.75) is 0 Å². The van der Waals surface area contributed by atoms with E-state index in [4.69, 9.17) is 0 Å². The second-order valence-corrected chi connectivity index (χ2v) is 4.71. The van der Waals surface area contributed by atoms with Crippen molar-refractivity contribution in [3.8, 4) is 0 Å². The molecule has 4 nitrogen and oxygen atoms in total. The molecule has 2 aromatic carbocycles. The summed E-state index contributed by atoms with van der Waals surface area (Å²) >= 11 is 0. The van der Waals surface area contributed by atoms with E-state index in [1.54, 1.807) is 18.3 Å². The number of aliphatic imine (C=N–C) groups is 1. The maximum absolute atomic E-state index is 11.5. The summed E-state index contributed by atoms with van der Waals surface area (Å²) in [6.07, 6.45) is 3.75. The summed E-state index contributed by atoms with van der Waals surface area (Å²) in [4.78, 5) is 15.6. The number of carboxylic acids is 1. The number of allylic oxidation sites excluding steroid dienone is 1. The molecule has 21 heavy (non-hydrogen) atoms. The molecule has 4 heteroatoms. The number of hydrogen-bond acceptors (Lipinski definition) is 3. The summed E-state index contributed by atoms with van der Waals surface area (Å²) < 4.78 is 0. The lowest BCUT2D eigenvalue weighted by atomic mass is 10.0. The molecule has 0 radical (unpaired) electrons. The van der Waals surface area contributed by atoms with Gasteiger partial charge in [-0.05, 0) is 35.4 Å². The largest absolute Gasteiger partial charge is 0.478 e. The van der Waals surface area contributed by atoms with Gasteiger partial charge in [0, 0.05) is 11.9 Å².